The Morgan fingerprint density at radius 1 is 1.00 bits per heavy atom. The molecular weight excluding hydrogens is 244 g/mol. The van der Waals surface area contributed by atoms with Crippen molar-refractivity contribution in [1.29, 1.82) is 0 Å². The molecule has 2 aromatic carbocycles. The molecule has 0 aliphatic heterocycles. The van der Waals surface area contributed by atoms with Crippen LogP contribution < -0.4 is 0 Å². The SMILES string of the molecule is CC(C)c1ccc(C(C)(C)CO)cc1-c1ccccc1. The van der Waals surface area contributed by atoms with E-state index in [1.54, 1.807) is 0 Å². The van der Waals surface area contributed by atoms with Crippen molar-refractivity contribution in [3.63, 3.8) is 0 Å². The Labute approximate surface area is 122 Å². The topological polar surface area (TPSA) is 20.2 Å². The lowest BCUT2D eigenvalue weighted by Crippen LogP contribution is -2.22. The number of aliphatic hydroxyl groups excluding tert-OH is 1. The molecule has 1 nitrogen and oxygen atoms in total. The molecule has 2 rings (SSSR count). The van der Waals surface area contributed by atoms with Crippen molar-refractivity contribution in [3.8, 4) is 11.1 Å². The van der Waals surface area contributed by atoms with E-state index < -0.39 is 0 Å². The molecule has 0 atom stereocenters. The molecule has 0 heterocycles. The fourth-order valence-electron chi connectivity index (χ4n) is 2.44. The second kappa shape index (κ2) is 5.80. The van der Waals surface area contributed by atoms with Crippen LogP contribution in [0.5, 0.6) is 0 Å². The molecule has 1 N–H and O–H groups in total. The number of rotatable bonds is 4. The van der Waals surface area contributed by atoms with Crippen LogP contribution in [0.4, 0.5) is 0 Å². The molecular formula is C19H24O. The van der Waals surface area contributed by atoms with Crippen LogP contribution in [0.25, 0.3) is 11.1 Å². The van der Waals surface area contributed by atoms with E-state index in [0.29, 0.717) is 5.92 Å². The van der Waals surface area contributed by atoms with Gasteiger partial charge in [-0.2, -0.15) is 0 Å². The summed E-state index contributed by atoms with van der Waals surface area (Å²) < 4.78 is 0. The highest BCUT2D eigenvalue weighted by Crippen LogP contribution is 2.33. The lowest BCUT2D eigenvalue weighted by molar-refractivity contribution is 0.218. The van der Waals surface area contributed by atoms with E-state index in [9.17, 15) is 5.11 Å². The molecule has 0 amide bonds. The Hall–Kier alpha value is -1.60. The molecule has 20 heavy (non-hydrogen) atoms. The number of aliphatic hydroxyl groups is 1. The van der Waals surface area contributed by atoms with E-state index in [4.69, 9.17) is 0 Å². The number of hydrogen-bond donors (Lipinski definition) is 1. The van der Waals surface area contributed by atoms with Crippen LogP contribution in [0, 0.1) is 0 Å². The minimum absolute atomic E-state index is 0.155. The van der Waals surface area contributed by atoms with Gasteiger partial charge < -0.3 is 5.11 Å². The van der Waals surface area contributed by atoms with E-state index in [0.717, 1.165) is 0 Å². The summed E-state index contributed by atoms with van der Waals surface area (Å²) in [6.45, 7) is 8.75. The molecule has 0 unspecified atom stereocenters. The highest BCUT2D eigenvalue weighted by Gasteiger charge is 2.21. The van der Waals surface area contributed by atoms with Gasteiger partial charge in [0.05, 0.1) is 6.61 Å². The van der Waals surface area contributed by atoms with Crippen molar-refractivity contribution in [2.24, 2.45) is 0 Å². The van der Waals surface area contributed by atoms with Crippen LogP contribution in [0.15, 0.2) is 48.5 Å². The van der Waals surface area contributed by atoms with E-state index in [2.05, 4.69) is 70.2 Å². The number of hydrogen-bond acceptors (Lipinski definition) is 1. The first-order chi connectivity index (χ1) is 9.45. The van der Waals surface area contributed by atoms with Crippen molar-refractivity contribution in [2.45, 2.75) is 39.0 Å². The summed E-state index contributed by atoms with van der Waals surface area (Å²) in [7, 11) is 0. The van der Waals surface area contributed by atoms with Crippen LogP contribution in [0.2, 0.25) is 0 Å². The minimum atomic E-state index is -0.209. The molecule has 0 radical (unpaired) electrons. The molecule has 106 valence electrons. The first-order valence-corrected chi connectivity index (χ1v) is 7.26. The summed E-state index contributed by atoms with van der Waals surface area (Å²) >= 11 is 0. The molecule has 0 aliphatic rings. The Morgan fingerprint density at radius 2 is 1.65 bits per heavy atom. The van der Waals surface area contributed by atoms with E-state index in [-0.39, 0.29) is 12.0 Å². The zero-order valence-electron chi connectivity index (χ0n) is 12.9. The second-order valence-corrected chi connectivity index (χ2v) is 6.36. The summed E-state index contributed by atoms with van der Waals surface area (Å²) in [5, 5.41) is 9.59. The smallest absolute Gasteiger partial charge is 0.0522 e. The van der Waals surface area contributed by atoms with E-state index in [1.807, 2.05) is 6.07 Å². The molecule has 0 saturated carbocycles. The van der Waals surface area contributed by atoms with Crippen molar-refractivity contribution in [1.82, 2.24) is 0 Å². The maximum absolute atomic E-state index is 9.59. The highest BCUT2D eigenvalue weighted by atomic mass is 16.3. The lowest BCUT2D eigenvalue weighted by Gasteiger charge is -2.25. The second-order valence-electron chi connectivity index (χ2n) is 6.36. The first kappa shape index (κ1) is 14.8. The van der Waals surface area contributed by atoms with Crippen LogP contribution in [-0.2, 0) is 5.41 Å². The van der Waals surface area contributed by atoms with Gasteiger partial charge in [0, 0.05) is 5.41 Å². The largest absolute Gasteiger partial charge is 0.395 e. The van der Waals surface area contributed by atoms with Gasteiger partial charge in [-0.1, -0.05) is 76.2 Å². The molecule has 0 aliphatic carbocycles. The summed E-state index contributed by atoms with van der Waals surface area (Å²) in [5.74, 6) is 0.483. The molecule has 1 heteroatoms. The van der Waals surface area contributed by atoms with E-state index in [1.165, 1.54) is 22.3 Å². The predicted octanol–water partition coefficient (Wildman–Crippen LogP) is 4.75. The summed E-state index contributed by atoms with van der Waals surface area (Å²) in [5.41, 5.74) is 4.85. The van der Waals surface area contributed by atoms with Gasteiger partial charge in [0.15, 0.2) is 0 Å². The average molecular weight is 268 g/mol. The zero-order valence-corrected chi connectivity index (χ0v) is 12.9. The maximum atomic E-state index is 9.59. The van der Waals surface area contributed by atoms with Crippen LogP contribution in [-0.4, -0.2) is 11.7 Å². The average Bonchev–Trinajstić information content (AvgIpc) is 2.47. The Bertz CT molecular complexity index is 568. The van der Waals surface area contributed by atoms with Crippen molar-refractivity contribution >= 4 is 0 Å². The molecule has 0 fully saturated rings. The van der Waals surface area contributed by atoms with E-state index >= 15 is 0 Å². The van der Waals surface area contributed by atoms with Gasteiger partial charge in [-0.05, 0) is 28.2 Å². The third kappa shape index (κ3) is 2.94. The third-order valence-corrected chi connectivity index (χ3v) is 3.94. The molecule has 0 bridgehead atoms. The van der Waals surface area contributed by atoms with Gasteiger partial charge in [0.2, 0.25) is 0 Å². The summed E-state index contributed by atoms with van der Waals surface area (Å²) in [6.07, 6.45) is 0. The molecule has 2 aromatic rings. The van der Waals surface area contributed by atoms with Gasteiger partial charge >= 0.3 is 0 Å². The standard InChI is InChI=1S/C19H24O/c1-14(2)17-11-10-16(19(3,4)13-20)12-18(17)15-8-6-5-7-9-15/h5-12,14,20H,13H2,1-4H3. The third-order valence-electron chi connectivity index (χ3n) is 3.94. The Kier molecular flexibility index (Phi) is 4.29. The van der Waals surface area contributed by atoms with Crippen LogP contribution in [0.3, 0.4) is 0 Å². The summed E-state index contributed by atoms with van der Waals surface area (Å²) in [4.78, 5) is 0. The molecule has 0 aromatic heterocycles. The quantitative estimate of drug-likeness (QED) is 0.848. The van der Waals surface area contributed by atoms with Crippen LogP contribution >= 0.6 is 0 Å². The summed E-state index contributed by atoms with van der Waals surface area (Å²) in [6, 6.07) is 17.1. The fraction of sp³-hybridized carbons (Fsp3) is 0.368. The Balaban J connectivity index is 2.60. The van der Waals surface area contributed by atoms with Gasteiger partial charge in [0.25, 0.3) is 0 Å². The van der Waals surface area contributed by atoms with Crippen LogP contribution in [0.1, 0.15) is 44.7 Å². The van der Waals surface area contributed by atoms with Gasteiger partial charge in [-0.15, -0.1) is 0 Å². The highest BCUT2D eigenvalue weighted by molar-refractivity contribution is 5.69. The van der Waals surface area contributed by atoms with Gasteiger partial charge in [-0.25, -0.2) is 0 Å². The normalized spacial score (nSPS) is 11.9. The van der Waals surface area contributed by atoms with Crippen molar-refractivity contribution in [2.75, 3.05) is 6.61 Å². The predicted molar refractivity (Wildman–Crippen MR) is 86.1 cm³/mol. The Morgan fingerprint density at radius 3 is 2.20 bits per heavy atom. The molecule has 0 saturated heterocycles. The first-order valence-electron chi connectivity index (χ1n) is 7.26. The maximum Gasteiger partial charge on any atom is 0.0522 e. The van der Waals surface area contributed by atoms with Crippen molar-refractivity contribution < 1.29 is 5.11 Å². The fourth-order valence-corrected chi connectivity index (χ4v) is 2.44. The van der Waals surface area contributed by atoms with Gasteiger partial charge in [0.1, 0.15) is 0 Å². The lowest BCUT2D eigenvalue weighted by atomic mass is 9.81. The van der Waals surface area contributed by atoms with Gasteiger partial charge in [-0.3, -0.25) is 0 Å². The molecule has 0 spiro atoms. The monoisotopic (exact) mass is 268 g/mol. The minimum Gasteiger partial charge on any atom is -0.395 e. The zero-order chi connectivity index (χ0) is 14.8. The van der Waals surface area contributed by atoms with Crippen molar-refractivity contribution in [3.05, 3.63) is 59.7 Å². The number of benzene rings is 2.